The molecule has 3 aromatic rings. The quantitative estimate of drug-likeness (QED) is 0.381. The number of amides is 1. The van der Waals surface area contributed by atoms with E-state index in [1.54, 1.807) is 67.3 Å². The highest BCUT2D eigenvalue weighted by Gasteiger charge is 2.15. The topological polar surface area (TPSA) is 95.3 Å². The number of nitrogens with one attached hydrogen (secondary N) is 1. The molecule has 0 aliphatic heterocycles. The highest BCUT2D eigenvalue weighted by atomic mass is 32.2. The molecule has 0 saturated carbocycles. The SMILES string of the molecule is CCOc1ccc(NC(=O)Cc2nnc(SCC(=O)c3ccc(OC)cc3)n2C)cc1. The molecule has 0 unspecified atom stereocenters. The Morgan fingerprint density at radius 1 is 1.03 bits per heavy atom. The van der Waals surface area contributed by atoms with Crippen molar-refractivity contribution in [2.24, 2.45) is 7.05 Å². The zero-order valence-electron chi connectivity index (χ0n) is 17.6. The van der Waals surface area contributed by atoms with Gasteiger partial charge < -0.3 is 19.4 Å². The summed E-state index contributed by atoms with van der Waals surface area (Å²) < 4.78 is 12.2. The Balaban J connectivity index is 1.54. The summed E-state index contributed by atoms with van der Waals surface area (Å²) in [5, 5.41) is 11.6. The Morgan fingerprint density at radius 2 is 1.71 bits per heavy atom. The first-order chi connectivity index (χ1) is 15.0. The summed E-state index contributed by atoms with van der Waals surface area (Å²) in [7, 11) is 3.36. The number of hydrogen-bond acceptors (Lipinski definition) is 7. The van der Waals surface area contributed by atoms with E-state index in [0.717, 1.165) is 5.75 Å². The van der Waals surface area contributed by atoms with E-state index in [9.17, 15) is 9.59 Å². The number of rotatable bonds is 10. The average Bonchev–Trinajstić information content (AvgIpc) is 3.12. The Kier molecular flexibility index (Phi) is 7.66. The molecular weight excluding hydrogens is 416 g/mol. The van der Waals surface area contributed by atoms with E-state index in [1.807, 2.05) is 6.92 Å². The number of benzene rings is 2. The summed E-state index contributed by atoms with van der Waals surface area (Å²) in [5.41, 5.74) is 1.28. The molecule has 1 N–H and O–H groups in total. The molecule has 0 spiro atoms. The van der Waals surface area contributed by atoms with Gasteiger partial charge in [-0.25, -0.2) is 0 Å². The van der Waals surface area contributed by atoms with Gasteiger partial charge in [0.05, 0.1) is 25.9 Å². The number of carbonyl (C=O) groups is 2. The molecular formula is C22H24N4O4S. The fraction of sp³-hybridized carbons (Fsp3) is 0.273. The van der Waals surface area contributed by atoms with Crippen LogP contribution in [0, 0.1) is 0 Å². The van der Waals surface area contributed by atoms with E-state index < -0.39 is 0 Å². The molecule has 31 heavy (non-hydrogen) atoms. The van der Waals surface area contributed by atoms with Crippen LogP contribution in [0.2, 0.25) is 0 Å². The number of anilines is 1. The lowest BCUT2D eigenvalue weighted by atomic mass is 10.1. The van der Waals surface area contributed by atoms with E-state index in [4.69, 9.17) is 9.47 Å². The Hall–Kier alpha value is -3.33. The minimum absolute atomic E-state index is 0.0227. The van der Waals surface area contributed by atoms with Gasteiger partial charge in [-0.1, -0.05) is 11.8 Å². The highest BCUT2D eigenvalue weighted by Crippen LogP contribution is 2.20. The van der Waals surface area contributed by atoms with Gasteiger partial charge in [0.2, 0.25) is 5.91 Å². The van der Waals surface area contributed by atoms with E-state index in [1.165, 1.54) is 11.8 Å². The normalized spacial score (nSPS) is 10.5. The second-order valence-electron chi connectivity index (χ2n) is 6.58. The first-order valence-electron chi connectivity index (χ1n) is 9.71. The van der Waals surface area contributed by atoms with Gasteiger partial charge in [0, 0.05) is 18.3 Å². The van der Waals surface area contributed by atoms with Gasteiger partial charge >= 0.3 is 0 Å². The molecule has 2 aromatic carbocycles. The van der Waals surface area contributed by atoms with Crippen molar-refractivity contribution in [3.8, 4) is 11.5 Å². The molecule has 0 aliphatic carbocycles. The first-order valence-corrected chi connectivity index (χ1v) is 10.7. The van der Waals surface area contributed by atoms with Crippen LogP contribution < -0.4 is 14.8 Å². The van der Waals surface area contributed by atoms with E-state index in [0.29, 0.717) is 34.6 Å². The van der Waals surface area contributed by atoms with Gasteiger partial charge in [-0.2, -0.15) is 0 Å². The van der Waals surface area contributed by atoms with Crippen LogP contribution in [0.4, 0.5) is 5.69 Å². The third-order valence-electron chi connectivity index (χ3n) is 4.44. The monoisotopic (exact) mass is 440 g/mol. The van der Waals surface area contributed by atoms with E-state index in [-0.39, 0.29) is 23.9 Å². The third-order valence-corrected chi connectivity index (χ3v) is 5.46. The van der Waals surface area contributed by atoms with Crippen LogP contribution in [-0.4, -0.2) is 45.9 Å². The summed E-state index contributed by atoms with van der Waals surface area (Å²) in [6, 6.07) is 14.1. The number of thioether (sulfide) groups is 1. The second-order valence-corrected chi connectivity index (χ2v) is 7.52. The van der Waals surface area contributed by atoms with Crippen molar-refractivity contribution in [1.82, 2.24) is 14.8 Å². The maximum absolute atomic E-state index is 12.4. The predicted molar refractivity (Wildman–Crippen MR) is 119 cm³/mol. The number of Topliss-reactive ketones (excluding diaryl/α,β-unsaturated/α-hetero) is 1. The van der Waals surface area contributed by atoms with Gasteiger partial charge in [-0.3, -0.25) is 9.59 Å². The lowest BCUT2D eigenvalue weighted by molar-refractivity contribution is -0.115. The lowest BCUT2D eigenvalue weighted by Crippen LogP contribution is -2.17. The van der Waals surface area contributed by atoms with Crippen LogP contribution in [0.25, 0.3) is 0 Å². The standard InChI is InChI=1S/C22H24N4O4S/c1-4-30-18-11-7-16(8-12-18)23-21(28)13-20-24-25-22(26(20)2)31-14-19(27)15-5-9-17(29-3)10-6-15/h5-12H,4,13-14H2,1-3H3,(H,23,28). The van der Waals surface area contributed by atoms with Gasteiger partial charge in [-0.05, 0) is 55.5 Å². The van der Waals surface area contributed by atoms with Gasteiger partial charge in [0.1, 0.15) is 17.3 Å². The summed E-state index contributed by atoms with van der Waals surface area (Å²) in [6.45, 7) is 2.50. The first kappa shape index (κ1) is 22.4. The van der Waals surface area contributed by atoms with E-state index in [2.05, 4.69) is 15.5 Å². The summed E-state index contributed by atoms with van der Waals surface area (Å²) >= 11 is 1.28. The fourth-order valence-corrected chi connectivity index (χ4v) is 3.59. The summed E-state index contributed by atoms with van der Waals surface area (Å²) in [4.78, 5) is 24.8. The Morgan fingerprint density at radius 3 is 2.35 bits per heavy atom. The lowest BCUT2D eigenvalue weighted by Gasteiger charge is -2.07. The van der Waals surface area contributed by atoms with Crippen molar-refractivity contribution < 1.29 is 19.1 Å². The van der Waals surface area contributed by atoms with Crippen LogP contribution in [-0.2, 0) is 18.3 Å². The number of nitrogens with zero attached hydrogens (tertiary/aromatic N) is 3. The second kappa shape index (κ2) is 10.6. The zero-order valence-corrected chi connectivity index (χ0v) is 18.4. The molecule has 1 amide bonds. The Labute approximate surface area is 185 Å². The summed E-state index contributed by atoms with van der Waals surface area (Å²) in [6.07, 6.45) is 0.0731. The molecule has 0 atom stereocenters. The number of methoxy groups -OCH3 is 1. The number of ether oxygens (including phenoxy) is 2. The number of hydrogen-bond donors (Lipinski definition) is 1. The molecule has 0 saturated heterocycles. The molecule has 162 valence electrons. The third kappa shape index (κ3) is 6.08. The number of aromatic nitrogens is 3. The van der Waals surface area contributed by atoms with Crippen molar-refractivity contribution >= 4 is 29.1 Å². The molecule has 0 aliphatic rings. The van der Waals surface area contributed by atoms with Crippen LogP contribution in [0.5, 0.6) is 11.5 Å². The fourth-order valence-electron chi connectivity index (χ4n) is 2.76. The van der Waals surface area contributed by atoms with Crippen molar-refractivity contribution in [2.45, 2.75) is 18.5 Å². The van der Waals surface area contributed by atoms with Crippen LogP contribution >= 0.6 is 11.8 Å². The molecule has 3 rings (SSSR count). The molecule has 9 heteroatoms. The van der Waals surface area contributed by atoms with E-state index >= 15 is 0 Å². The maximum Gasteiger partial charge on any atom is 0.232 e. The molecule has 0 radical (unpaired) electrons. The molecule has 1 heterocycles. The number of carbonyl (C=O) groups excluding carboxylic acids is 2. The molecule has 0 fully saturated rings. The Bertz CT molecular complexity index is 1030. The minimum Gasteiger partial charge on any atom is -0.497 e. The maximum atomic E-state index is 12.4. The van der Waals surface area contributed by atoms with Gasteiger partial charge in [-0.15, -0.1) is 10.2 Å². The molecule has 8 nitrogen and oxygen atoms in total. The predicted octanol–water partition coefficient (Wildman–Crippen LogP) is 3.38. The van der Waals surface area contributed by atoms with Crippen molar-refractivity contribution in [1.29, 1.82) is 0 Å². The average molecular weight is 441 g/mol. The van der Waals surface area contributed by atoms with Gasteiger partial charge in [0.25, 0.3) is 0 Å². The van der Waals surface area contributed by atoms with Crippen LogP contribution in [0.1, 0.15) is 23.1 Å². The highest BCUT2D eigenvalue weighted by molar-refractivity contribution is 7.99. The molecule has 0 bridgehead atoms. The van der Waals surface area contributed by atoms with Crippen molar-refractivity contribution in [2.75, 3.05) is 24.8 Å². The van der Waals surface area contributed by atoms with Crippen LogP contribution in [0.3, 0.4) is 0 Å². The molecule has 1 aromatic heterocycles. The van der Waals surface area contributed by atoms with Crippen LogP contribution in [0.15, 0.2) is 53.7 Å². The van der Waals surface area contributed by atoms with Gasteiger partial charge in [0.15, 0.2) is 10.9 Å². The van der Waals surface area contributed by atoms with Crippen molar-refractivity contribution in [3.63, 3.8) is 0 Å². The van der Waals surface area contributed by atoms with Crippen molar-refractivity contribution in [3.05, 3.63) is 59.9 Å². The summed E-state index contributed by atoms with van der Waals surface area (Å²) in [5.74, 6) is 1.96. The number of ketones is 1. The smallest absolute Gasteiger partial charge is 0.232 e. The zero-order chi connectivity index (χ0) is 22.2. The minimum atomic E-state index is -0.203. The largest absolute Gasteiger partial charge is 0.497 e.